The van der Waals surface area contributed by atoms with Crippen LogP contribution in [0.5, 0.6) is 0 Å². The summed E-state index contributed by atoms with van der Waals surface area (Å²) in [4.78, 5) is 30.2. The molecule has 8 heteroatoms. The Bertz CT molecular complexity index is 1290. The van der Waals surface area contributed by atoms with Crippen molar-refractivity contribution in [3.63, 3.8) is 0 Å². The molecule has 0 spiro atoms. The first-order chi connectivity index (χ1) is 18.2. The number of hydrogen-bond donors (Lipinski definition) is 0. The highest BCUT2D eigenvalue weighted by molar-refractivity contribution is 6.32. The highest BCUT2D eigenvalue weighted by Crippen LogP contribution is 2.36. The van der Waals surface area contributed by atoms with E-state index >= 15 is 0 Å². The maximum Gasteiger partial charge on any atom is 0.410 e. The van der Waals surface area contributed by atoms with E-state index in [1.54, 1.807) is 11.1 Å². The molecular formula is C30H35ClN4O3. The van der Waals surface area contributed by atoms with Crippen molar-refractivity contribution in [2.45, 2.75) is 57.5 Å². The zero-order valence-electron chi connectivity index (χ0n) is 22.3. The number of halogens is 1. The topological polar surface area (TPSA) is 67.7 Å². The number of aromatic nitrogens is 2. The fourth-order valence-corrected chi connectivity index (χ4v) is 5.72. The molecule has 0 bridgehead atoms. The highest BCUT2D eigenvalue weighted by atomic mass is 35.5. The van der Waals surface area contributed by atoms with E-state index < -0.39 is 5.60 Å². The number of carbonyl (C=O) groups is 2. The quantitative estimate of drug-likeness (QED) is 0.395. The molecule has 0 saturated carbocycles. The van der Waals surface area contributed by atoms with Gasteiger partial charge in [-0.2, -0.15) is 5.10 Å². The molecule has 38 heavy (non-hydrogen) atoms. The summed E-state index contributed by atoms with van der Waals surface area (Å²) in [7, 11) is 0. The summed E-state index contributed by atoms with van der Waals surface area (Å²) >= 11 is 6.57. The van der Waals surface area contributed by atoms with Gasteiger partial charge < -0.3 is 14.5 Å². The minimum absolute atomic E-state index is 0.00584. The lowest BCUT2D eigenvalue weighted by molar-refractivity contribution is 0.0203. The van der Waals surface area contributed by atoms with Crippen LogP contribution >= 0.6 is 11.6 Å². The molecule has 0 radical (unpaired) electrons. The van der Waals surface area contributed by atoms with Crippen LogP contribution < -0.4 is 0 Å². The Balaban J connectivity index is 1.40. The zero-order chi connectivity index (χ0) is 26.9. The Kier molecular flexibility index (Phi) is 7.48. The van der Waals surface area contributed by atoms with E-state index in [0.29, 0.717) is 55.5 Å². The van der Waals surface area contributed by atoms with Gasteiger partial charge >= 0.3 is 6.09 Å². The van der Waals surface area contributed by atoms with Crippen molar-refractivity contribution in [3.8, 4) is 5.69 Å². The van der Waals surface area contributed by atoms with Gasteiger partial charge in [-0.05, 0) is 57.7 Å². The van der Waals surface area contributed by atoms with Crippen LogP contribution in [0.1, 0.15) is 73.5 Å². The van der Waals surface area contributed by atoms with Gasteiger partial charge in [0.15, 0.2) is 0 Å². The van der Waals surface area contributed by atoms with Crippen LogP contribution in [0.3, 0.4) is 0 Å². The molecule has 7 nitrogen and oxygen atoms in total. The number of ether oxygens (including phenoxy) is 1. The number of hydrogen-bond acceptors (Lipinski definition) is 4. The second-order valence-electron chi connectivity index (χ2n) is 11.2. The molecule has 1 unspecified atom stereocenters. The molecule has 2 aliphatic rings. The Morgan fingerprint density at radius 1 is 0.895 bits per heavy atom. The van der Waals surface area contributed by atoms with Gasteiger partial charge in [0.2, 0.25) is 0 Å². The minimum atomic E-state index is -0.538. The van der Waals surface area contributed by atoms with Crippen LogP contribution in [0.25, 0.3) is 5.69 Å². The Labute approximate surface area is 229 Å². The van der Waals surface area contributed by atoms with Gasteiger partial charge in [-0.3, -0.25) is 4.79 Å². The number of piperidine rings is 1. The minimum Gasteiger partial charge on any atom is -0.444 e. The molecule has 0 aliphatic carbocycles. The number of carbonyl (C=O) groups excluding carboxylic acids is 2. The largest absolute Gasteiger partial charge is 0.444 e. The summed E-state index contributed by atoms with van der Waals surface area (Å²) in [6.07, 6.45) is 3.76. The molecule has 2 amide bonds. The van der Waals surface area contributed by atoms with Gasteiger partial charge in [0.05, 0.1) is 28.2 Å². The molecule has 2 aliphatic heterocycles. The lowest BCUT2D eigenvalue weighted by Gasteiger charge is -2.34. The van der Waals surface area contributed by atoms with E-state index in [1.165, 1.54) is 5.56 Å². The fraction of sp³-hybridized carbons (Fsp3) is 0.433. The van der Waals surface area contributed by atoms with Crippen molar-refractivity contribution in [3.05, 3.63) is 82.6 Å². The van der Waals surface area contributed by atoms with Crippen molar-refractivity contribution in [2.75, 3.05) is 26.2 Å². The number of likely N-dealkylation sites (tertiary alicyclic amines) is 2. The van der Waals surface area contributed by atoms with Crippen molar-refractivity contribution in [1.29, 1.82) is 0 Å². The lowest BCUT2D eigenvalue weighted by atomic mass is 9.90. The van der Waals surface area contributed by atoms with Crippen molar-refractivity contribution < 1.29 is 14.3 Å². The van der Waals surface area contributed by atoms with E-state index in [4.69, 9.17) is 16.3 Å². The SMILES string of the molecule is CC(C)(C)OC(=O)N1CCC(c2c(C(=O)N3CCC(c4ccccc4)C3)cnn2-c2ccccc2Cl)CC1. The highest BCUT2D eigenvalue weighted by Gasteiger charge is 2.35. The second kappa shape index (κ2) is 10.8. The van der Waals surface area contributed by atoms with Crippen LogP contribution in [0, 0.1) is 0 Å². The fourth-order valence-electron chi connectivity index (χ4n) is 5.51. The number of nitrogens with zero attached hydrogens (tertiary/aromatic N) is 4. The van der Waals surface area contributed by atoms with E-state index in [-0.39, 0.29) is 17.9 Å². The normalized spacial score (nSPS) is 18.6. The van der Waals surface area contributed by atoms with E-state index in [9.17, 15) is 9.59 Å². The number of rotatable bonds is 4. The molecule has 3 aromatic rings. The predicted octanol–water partition coefficient (Wildman–Crippen LogP) is 6.27. The van der Waals surface area contributed by atoms with E-state index in [1.807, 2.05) is 60.7 Å². The van der Waals surface area contributed by atoms with Gasteiger partial charge in [-0.25, -0.2) is 9.48 Å². The van der Waals surface area contributed by atoms with E-state index in [2.05, 4.69) is 29.4 Å². The van der Waals surface area contributed by atoms with Gasteiger partial charge in [-0.15, -0.1) is 0 Å². The Morgan fingerprint density at radius 2 is 1.53 bits per heavy atom. The molecule has 2 aromatic carbocycles. The smallest absolute Gasteiger partial charge is 0.410 e. The molecule has 3 heterocycles. The zero-order valence-corrected chi connectivity index (χ0v) is 23.0. The second-order valence-corrected chi connectivity index (χ2v) is 11.6. The summed E-state index contributed by atoms with van der Waals surface area (Å²) in [5, 5.41) is 5.25. The molecule has 200 valence electrons. The Hall–Kier alpha value is -3.32. The third-order valence-electron chi connectivity index (χ3n) is 7.40. The van der Waals surface area contributed by atoms with Crippen molar-refractivity contribution in [2.24, 2.45) is 0 Å². The standard InChI is InChI=1S/C30H35ClN4O3/c1-30(2,3)38-29(37)33-16-13-22(14-17-33)27-24(19-32-35(27)26-12-8-7-11-25(26)31)28(36)34-18-15-23(20-34)21-9-5-4-6-10-21/h4-12,19,22-23H,13-18,20H2,1-3H3. The molecule has 1 aromatic heterocycles. The summed E-state index contributed by atoms with van der Waals surface area (Å²) in [5.74, 6) is 0.393. The third-order valence-corrected chi connectivity index (χ3v) is 7.72. The predicted molar refractivity (Wildman–Crippen MR) is 148 cm³/mol. The first kappa shape index (κ1) is 26.3. The summed E-state index contributed by atoms with van der Waals surface area (Å²) in [6, 6.07) is 18.0. The molecule has 5 rings (SSSR count). The van der Waals surface area contributed by atoms with Crippen LogP contribution in [0.2, 0.25) is 5.02 Å². The monoisotopic (exact) mass is 534 g/mol. The van der Waals surface area contributed by atoms with Gasteiger partial charge in [0, 0.05) is 38.0 Å². The average molecular weight is 535 g/mol. The lowest BCUT2D eigenvalue weighted by Crippen LogP contribution is -2.41. The molecular weight excluding hydrogens is 500 g/mol. The summed E-state index contributed by atoms with van der Waals surface area (Å²) in [6.45, 7) is 8.14. The Morgan fingerprint density at radius 3 is 2.21 bits per heavy atom. The molecule has 1 atom stereocenters. The first-order valence-corrected chi connectivity index (χ1v) is 13.7. The van der Waals surface area contributed by atoms with Crippen LogP contribution in [-0.4, -0.2) is 63.4 Å². The number of para-hydroxylation sites is 1. The number of amides is 2. The van der Waals surface area contributed by atoms with Crippen LogP contribution in [0.4, 0.5) is 4.79 Å². The summed E-state index contributed by atoms with van der Waals surface area (Å²) in [5.41, 5.74) is 2.97. The van der Waals surface area contributed by atoms with Crippen molar-refractivity contribution >= 4 is 23.6 Å². The average Bonchev–Trinajstić information content (AvgIpc) is 3.57. The maximum atomic E-state index is 13.9. The summed E-state index contributed by atoms with van der Waals surface area (Å²) < 4.78 is 7.41. The molecule has 2 saturated heterocycles. The van der Waals surface area contributed by atoms with Crippen molar-refractivity contribution in [1.82, 2.24) is 19.6 Å². The van der Waals surface area contributed by atoms with Crippen LogP contribution in [0.15, 0.2) is 60.8 Å². The first-order valence-electron chi connectivity index (χ1n) is 13.4. The third kappa shape index (κ3) is 5.58. The molecule has 0 N–H and O–H groups in total. The van der Waals surface area contributed by atoms with Gasteiger partial charge in [0.1, 0.15) is 5.60 Å². The van der Waals surface area contributed by atoms with E-state index in [0.717, 1.165) is 17.8 Å². The molecule has 2 fully saturated rings. The number of benzene rings is 2. The van der Waals surface area contributed by atoms with Gasteiger partial charge in [0.25, 0.3) is 5.91 Å². The van der Waals surface area contributed by atoms with Gasteiger partial charge in [-0.1, -0.05) is 54.1 Å². The van der Waals surface area contributed by atoms with Crippen LogP contribution in [-0.2, 0) is 4.74 Å². The maximum absolute atomic E-state index is 13.9.